The molecule has 0 spiro atoms. The number of nitrogens with one attached hydrogen (secondary N) is 2. The van der Waals surface area contributed by atoms with Crippen LogP contribution in [0, 0.1) is 5.92 Å². The summed E-state index contributed by atoms with van der Waals surface area (Å²) in [5, 5.41) is 6.39. The molecule has 0 heterocycles. The summed E-state index contributed by atoms with van der Waals surface area (Å²) in [6, 6.07) is 8.43. The molecule has 1 aromatic carbocycles. The third kappa shape index (κ3) is 5.03. The number of carbonyl (C=O) groups excluding carboxylic acids is 1. The van der Waals surface area contributed by atoms with Gasteiger partial charge >= 0.3 is 0 Å². The Bertz CT molecular complexity index is 386. The highest BCUT2D eigenvalue weighted by Gasteiger charge is 2.10. The highest BCUT2D eigenvalue weighted by molar-refractivity contribution is 5.92. The van der Waals surface area contributed by atoms with Crippen molar-refractivity contribution >= 4 is 11.6 Å². The molecule has 1 amide bonds. The molecule has 0 aliphatic rings. The quantitative estimate of drug-likeness (QED) is 0.786. The van der Waals surface area contributed by atoms with E-state index in [1.807, 2.05) is 26.0 Å². The van der Waals surface area contributed by atoms with Crippen LogP contribution >= 0.6 is 0 Å². The summed E-state index contributed by atoms with van der Waals surface area (Å²) in [6.45, 7) is 9.30. The van der Waals surface area contributed by atoms with Gasteiger partial charge in [0.15, 0.2) is 0 Å². The maximum Gasteiger partial charge on any atom is 0.227 e. The molecule has 2 N–H and O–H groups in total. The molecule has 2 atom stereocenters. The highest BCUT2D eigenvalue weighted by Crippen LogP contribution is 2.17. The molecule has 3 nitrogen and oxygen atoms in total. The third-order valence-corrected chi connectivity index (χ3v) is 3.44. The van der Waals surface area contributed by atoms with Gasteiger partial charge in [-0.2, -0.15) is 0 Å². The van der Waals surface area contributed by atoms with E-state index < -0.39 is 0 Å². The normalized spacial score (nSPS) is 13.9. The van der Waals surface area contributed by atoms with Gasteiger partial charge in [0.25, 0.3) is 0 Å². The molecule has 0 saturated heterocycles. The van der Waals surface area contributed by atoms with E-state index in [4.69, 9.17) is 0 Å². The minimum Gasteiger partial charge on any atom is -0.326 e. The fourth-order valence-corrected chi connectivity index (χ4v) is 1.78. The lowest BCUT2D eigenvalue weighted by molar-refractivity contribution is -0.119. The minimum absolute atomic E-state index is 0.0600. The first kappa shape index (κ1) is 15.7. The predicted molar refractivity (Wildman–Crippen MR) is 81.2 cm³/mol. The zero-order valence-electron chi connectivity index (χ0n) is 12.5. The van der Waals surface area contributed by atoms with Gasteiger partial charge < -0.3 is 10.6 Å². The van der Waals surface area contributed by atoms with E-state index in [1.54, 1.807) is 0 Å². The minimum atomic E-state index is 0.0600. The van der Waals surface area contributed by atoms with Gasteiger partial charge in [-0.25, -0.2) is 0 Å². The molecule has 19 heavy (non-hydrogen) atoms. The van der Waals surface area contributed by atoms with Gasteiger partial charge in [-0.15, -0.1) is 0 Å². The van der Waals surface area contributed by atoms with Crippen molar-refractivity contribution in [2.45, 2.75) is 46.6 Å². The van der Waals surface area contributed by atoms with Gasteiger partial charge in [0.2, 0.25) is 5.91 Å². The average Bonchev–Trinajstić information content (AvgIpc) is 2.44. The van der Waals surface area contributed by atoms with E-state index >= 15 is 0 Å². The molecule has 0 radical (unpaired) electrons. The summed E-state index contributed by atoms with van der Waals surface area (Å²) in [5.74, 6) is 0.150. The Morgan fingerprint density at radius 3 is 2.32 bits per heavy atom. The number of benzene rings is 1. The zero-order chi connectivity index (χ0) is 14.3. The molecule has 0 aromatic heterocycles. The first-order valence-corrected chi connectivity index (χ1v) is 7.22. The standard InChI is InChI=1S/C16H26N2O/c1-5-11-17-13(4)14-7-9-15(10-8-14)18-16(19)12(3)6-2/h7-10,12-13,17H,5-6,11H2,1-4H3,(H,18,19). The van der Waals surface area contributed by atoms with Gasteiger partial charge in [-0.05, 0) is 44.0 Å². The van der Waals surface area contributed by atoms with Crippen LogP contribution in [0.15, 0.2) is 24.3 Å². The summed E-state index contributed by atoms with van der Waals surface area (Å²) >= 11 is 0. The Balaban J connectivity index is 2.58. The second-order valence-electron chi connectivity index (χ2n) is 5.10. The molecule has 0 aliphatic carbocycles. The number of hydrogen-bond acceptors (Lipinski definition) is 2. The van der Waals surface area contributed by atoms with E-state index in [9.17, 15) is 4.79 Å². The molecule has 1 rings (SSSR count). The second kappa shape index (κ2) is 7.95. The number of rotatable bonds is 7. The molecule has 0 saturated carbocycles. The molecule has 3 heteroatoms. The van der Waals surface area contributed by atoms with Gasteiger partial charge in [-0.1, -0.05) is 32.9 Å². The van der Waals surface area contributed by atoms with Crippen molar-refractivity contribution in [3.63, 3.8) is 0 Å². The van der Waals surface area contributed by atoms with E-state index in [1.165, 1.54) is 5.56 Å². The molecule has 0 bridgehead atoms. The van der Waals surface area contributed by atoms with Crippen molar-refractivity contribution in [3.05, 3.63) is 29.8 Å². The Labute approximate surface area is 116 Å². The van der Waals surface area contributed by atoms with Crippen molar-refractivity contribution < 1.29 is 4.79 Å². The summed E-state index contributed by atoms with van der Waals surface area (Å²) in [7, 11) is 0. The number of anilines is 1. The van der Waals surface area contributed by atoms with Gasteiger partial charge in [0, 0.05) is 17.6 Å². The smallest absolute Gasteiger partial charge is 0.227 e. The maximum absolute atomic E-state index is 11.8. The van der Waals surface area contributed by atoms with Crippen LogP contribution in [0.4, 0.5) is 5.69 Å². The van der Waals surface area contributed by atoms with Crippen LogP contribution < -0.4 is 10.6 Å². The van der Waals surface area contributed by atoms with Gasteiger partial charge in [0.1, 0.15) is 0 Å². The average molecular weight is 262 g/mol. The van der Waals surface area contributed by atoms with Crippen LogP contribution in [-0.2, 0) is 4.79 Å². The van der Waals surface area contributed by atoms with E-state index in [0.29, 0.717) is 6.04 Å². The fraction of sp³-hybridized carbons (Fsp3) is 0.562. The highest BCUT2D eigenvalue weighted by atomic mass is 16.1. The van der Waals surface area contributed by atoms with Gasteiger partial charge in [0.05, 0.1) is 0 Å². The Morgan fingerprint density at radius 2 is 1.79 bits per heavy atom. The topological polar surface area (TPSA) is 41.1 Å². The van der Waals surface area contributed by atoms with Crippen molar-refractivity contribution in [1.82, 2.24) is 5.32 Å². The Morgan fingerprint density at radius 1 is 1.16 bits per heavy atom. The molecule has 0 fully saturated rings. The van der Waals surface area contributed by atoms with Crippen molar-refractivity contribution in [1.29, 1.82) is 0 Å². The zero-order valence-corrected chi connectivity index (χ0v) is 12.5. The van der Waals surface area contributed by atoms with Crippen molar-refractivity contribution in [2.75, 3.05) is 11.9 Å². The second-order valence-corrected chi connectivity index (χ2v) is 5.10. The summed E-state index contributed by atoms with van der Waals surface area (Å²) < 4.78 is 0. The fourth-order valence-electron chi connectivity index (χ4n) is 1.78. The largest absolute Gasteiger partial charge is 0.326 e. The molecule has 0 aliphatic heterocycles. The summed E-state index contributed by atoms with van der Waals surface area (Å²) in [6.07, 6.45) is 2.00. The third-order valence-electron chi connectivity index (χ3n) is 3.44. The summed E-state index contributed by atoms with van der Waals surface area (Å²) in [4.78, 5) is 11.8. The SMILES string of the molecule is CCCNC(C)c1ccc(NC(=O)C(C)CC)cc1. The first-order valence-electron chi connectivity index (χ1n) is 7.22. The van der Waals surface area contributed by atoms with Crippen LogP contribution in [0.2, 0.25) is 0 Å². The number of amides is 1. The molecule has 1 aromatic rings. The van der Waals surface area contributed by atoms with E-state index in [0.717, 1.165) is 25.1 Å². The Kier molecular flexibility index (Phi) is 6.57. The first-order chi connectivity index (χ1) is 9.08. The van der Waals surface area contributed by atoms with Crippen LogP contribution in [-0.4, -0.2) is 12.5 Å². The molecular weight excluding hydrogens is 236 g/mol. The van der Waals surface area contributed by atoms with Crippen LogP contribution in [0.25, 0.3) is 0 Å². The Hall–Kier alpha value is -1.35. The predicted octanol–water partition coefficient (Wildman–Crippen LogP) is 3.73. The lowest BCUT2D eigenvalue weighted by atomic mass is 10.1. The lowest BCUT2D eigenvalue weighted by Gasteiger charge is -2.15. The maximum atomic E-state index is 11.8. The van der Waals surface area contributed by atoms with Crippen LogP contribution in [0.1, 0.15) is 52.1 Å². The lowest BCUT2D eigenvalue weighted by Crippen LogP contribution is -2.20. The van der Waals surface area contributed by atoms with E-state index in [-0.39, 0.29) is 11.8 Å². The van der Waals surface area contributed by atoms with Gasteiger partial charge in [-0.3, -0.25) is 4.79 Å². The number of carbonyl (C=O) groups is 1. The van der Waals surface area contributed by atoms with Crippen LogP contribution in [0.3, 0.4) is 0 Å². The van der Waals surface area contributed by atoms with Crippen LogP contribution in [0.5, 0.6) is 0 Å². The van der Waals surface area contributed by atoms with E-state index in [2.05, 4.69) is 36.6 Å². The number of hydrogen-bond donors (Lipinski definition) is 2. The molecule has 106 valence electrons. The van der Waals surface area contributed by atoms with Crippen molar-refractivity contribution in [3.8, 4) is 0 Å². The summed E-state index contributed by atoms with van der Waals surface area (Å²) in [5.41, 5.74) is 2.12. The molecule has 2 unspecified atom stereocenters. The van der Waals surface area contributed by atoms with Crippen molar-refractivity contribution in [2.24, 2.45) is 5.92 Å². The molecular formula is C16H26N2O. The monoisotopic (exact) mass is 262 g/mol.